The van der Waals surface area contributed by atoms with E-state index >= 15 is 0 Å². The van der Waals surface area contributed by atoms with Crippen LogP contribution in [0, 0.1) is 0 Å². The molecule has 2 atom stereocenters. The van der Waals surface area contributed by atoms with E-state index in [0.29, 0.717) is 13.0 Å². The lowest BCUT2D eigenvalue weighted by molar-refractivity contribution is 0.246. The first kappa shape index (κ1) is 24.4. The number of hydrogen-bond acceptors (Lipinski definition) is 5. The van der Waals surface area contributed by atoms with E-state index in [0.717, 1.165) is 6.42 Å². The molecule has 3 rings (SSSR count). The lowest BCUT2D eigenvalue weighted by Gasteiger charge is -2.43. The van der Waals surface area contributed by atoms with Gasteiger partial charge < -0.3 is 9.16 Å². The van der Waals surface area contributed by atoms with Gasteiger partial charge in [0.05, 0.1) is 19.3 Å². The molecule has 1 saturated heterocycles. The van der Waals surface area contributed by atoms with Gasteiger partial charge in [-0.25, -0.2) is 0 Å². The molecule has 1 aliphatic heterocycles. The van der Waals surface area contributed by atoms with Crippen molar-refractivity contribution in [2.45, 2.75) is 50.9 Å². The maximum absolute atomic E-state index is 11.3. The summed E-state index contributed by atoms with van der Waals surface area (Å²) in [6, 6.07) is 21.0. The largest absolute Gasteiger partial charge is 0.405 e. The van der Waals surface area contributed by atoms with Crippen LogP contribution in [-0.4, -0.2) is 47.4 Å². The number of benzene rings is 2. The van der Waals surface area contributed by atoms with Crippen LogP contribution >= 0.6 is 11.6 Å². The Balaban J connectivity index is 1.69. The molecule has 0 spiro atoms. The molecule has 2 aromatic carbocycles. The first-order chi connectivity index (χ1) is 14.7. The van der Waals surface area contributed by atoms with Crippen LogP contribution < -0.4 is 10.4 Å². The summed E-state index contributed by atoms with van der Waals surface area (Å²) < 4.78 is 40.1. The van der Waals surface area contributed by atoms with Gasteiger partial charge in [-0.15, -0.1) is 11.6 Å². The van der Waals surface area contributed by atoms with Crippen LogP contribution in [-0.2, 0) is 23.5 Å². The number of hydrogen-bond donors (Lipinski definition) is 0. The Hall–Kier alpha value is -1.22. The third-order valence-corrected chi connectivity index (χ3v) is 12.2. The molecule has 0 amide bonds. The predicted molar refractivity (Wildman–Crippen MR) is 127 cm³/mol. The maximum atomic E-state index is 11.3. The van der Waals surface area contributed by atoms with Crippen LogP contribution in [0.4, 0.5) is 0 Å². The average Bonchev–Trinajstić information content (AvgIpc) is 3.50. The Bertz CT molecular complexity index is 892. The highest BCUT2D eigenvalue weighted by Crippen LogP contribution is 2.38. The molecule has 0 N–H and O–H groups in total. The topological polar surface area (TPSA) is 65.1 Å². The molecule has 0 aromatic heterocycles. The number of alkyl halides is 1. The van der Waals surface area contributed by atoms with Gasteiger partial charge in [0, 0.05) is 0 Å². The third-order valence-electron chi connectivity index (χ3n) is 5.60. The minimum Gasteiger partial charge on any atom is -0.405 e. The zero-order valence-corrected chi connectivity index (χ0v) is 20.9. The number of halogens is 1. The van der Waals surface area contributed by atoms with Gasteiger partial charge in [-0.2, -0.15) is 8.42 Å². The fourth-order valence-corrected chi connectivity index (χ4v) is 9.24. The minimum absolute atomic E-state index is 0.0197. The van der Waals surface area contributed by atoms with Crippen LogP contribution in [0.25, 0.3) is 0 Å². The van der Waals surface area contributed by atoms with Crippen molar-refractivity contribution in [1.29, 1.82) is 0 Å². The molecule has 2 aromatic rings. The lowest BCUT2D eigenvalue weighted by atomic mass is 10.2. The van der Waals surface area contributed by atoms with Crippen molar-refractivity contribution in [1.82, 2.24) is 0 Å². The Labute approximate surface area is 191 Å². The van der Waals surface area contributed by atoms with E-state index in [2.05, 4.69) is 69.3 Å². The van der Waals surface area contributed by atoms with E-state index in [1.54, 1.807) is 0 Å². The number of rotatable bonds is 11. The quantitative estimate of drug-likeness (QED) is 0.161. The fourth-order valence-electron chi connectivity index (χ4n) is 4.05. The molecule has 0 radical (unpaired) electrons. The molecule has 0 bridgehead atoms. The molecule has 1 heterocycles. The Morgan fingerprint density at radius 3 is 2.00 bits per heavy atom. The highest BCUT2D eigenvalue weighted by atomic mass is 35.5. The van der Waals surface area contributed by atoms with E-state index in [1.807, 2.05) is 12.1 Å². The van der Waals surface area contributed by atoms with Gasteiger partial charge in [-0.1, -0.05) is 81.4 Å². The fraction of sp³-hybridized carbons (Fsp3) is 0.478. The van der Waals surface area contributed by atoms with Gasteiger partial charge in [0.15, 0.2) is 0 Å². The van der Waals surface area contributed by atoms with Gasteiger partial charge in [0.1, 0.15) is 11.3 Å². The second kappa shape index (κ2) is 10.1. The number of ether oxygens (including phenoxy) is 1. The third kappa shape index (κ3) is 5.97. The Kier molecular flexibility index (Phi) is 7.99. The smallest absolute Gasteiger partial charge is 0.281 e. The zero-order chi connectivity index (χ0) is 22.5. The normalized spacial score (nSPS) is 19.4. The molecular formula is C23H31ClO5SSi. The van der Waals surface area contributed by atoms with Gasteiger partial charge in [0.25, 0.3) is 18.4 Å². The summed E-state index contributed by atoms with van der Waals surface area (Å²) in [5.74, 6) is 0. The van der Waals surface area contributed by atoms with E-state index in [4.69, 9.17) is 24.9 Å². The standard InChI is InChI=1S/C23H31ClO5SSi/c1-23(2,3)31(19-11-6-4-7-12-19,20-13-8-5-9-14-20)28-17-22-21(29-22)15-10-16-27-30(25,26)18-24/h4-9,11-14,21-22H,10,15-18H2,1-3H3/t21-,22+/m1/s1. The molecule has 0 aliphatic carbocycles. The summed E-state index contributed by atoms with van der Waals surface area (Å²) in [6.07, 6.45) is 1.41. The summed E-state index contributed by atoms with van der Waals surface area (Å²) in [5.41, 5.74) is 0. The SMILES string of the molecule is CC(C)(C)[Si](OC[C@@H]1O[C@@H]1CCCOS(=O)(=O)CCl)(c1ccccc1)c1ccccc1. The van der Waals surface area contributed by atoms with E-state index in [9.17, 15) is 8.42 Å². The molecule has 0 unspecified atom stereocenters. The summed E-state index contributed by atoms with van der Waals surface area (Å²) >= 11 is 5.34. The van der Waals surface area contributed by atoms with E-state index in [-0.39, 0.29) is 23.9 Å². The summed E-state index contributed by atoms with van der Waals surface area (Å²) in [5, 5.41) is 1.88. The average molecular weight is 483 g/mol. The Morgan fingerprint density at radius 2 is 1.52 bits per heavy atom. The molecular weight excluding hydrogens is 452 g/mol. The van der Waals surface area contributed by atoms with E-state index < -0.39 is 23.6 Å². The molecule has 170 valence electrons. The predicted octanol–water partition coefficient (Wildman–Crippen LogP) is 3.65. The molecule has 8 heteroatoms. The van der Waals surface area contributed by atoms with Crippen LogP contribution in [0.2, 0.25) is 5.04 Å². The molecule has 5 nitrogen and oxygen atoms in total. The van der Waals surface area contributed by atoms with Crippen molar-refractivity contribution in [3.63, 3.8) is 0 Å². The molecule has 1 fully saturated rings. The molecule has 31 heavy (non-hydrogen) atoms. The first-order valence-corrected chi connectivity index (χ1v) is 14.6. The molecule has 1 aliphatic rings. The minimum atomic E-state index is -3.61. The van der Waals surface area contributed by atoms with Gasteiger partial charge >= 0.3 is 0 Å². The maximum Gasteiger partial charge on any atom is 0.281 e. The highest BCUT2D eigenvalue weighted by Gasteiger charge is 2.52. The van der Waals surface area contributed by atoms with E-state index in [1.165, 1.54) is 10.4 Å². The summed E-state index contributed by atoms with van der Waals surface area (Å²) in [6.45, 7) is 7.38. The van der Waals surface area contributed by atoms with Crippen molar-refractivity contribution in [2.24, 2.45) is 0 Å². The van der Waals surface area contributed by atoms with Crippen LogP contribution in [0.5, 0.6) is 0 Å². The van der Waals surface area contributed by atoms with Gasteiger partial charge in [-0.05, 0) is 28.3 Å². The first-order valence-electron chi connectivity index (χ1n) is 10.5. The summed E-state index contributed by atoms with van der Waals surface area (Å²) in [7, 11) is -6.18. The van der Waals surface area contributed by atoms with Crippen molar-refractivity contribution >= 4 is 40.4 Å². The van der Waals surface area contributed by atoms with Crippen molar-refractivity contribution < 1.29 is 21.8 Å². The lowest BCUT2D eigenvalue weighted by Crippen LogP contribution is -2.66. The van der Waals surface area contributed by atoms with Gasteiger partial charge in [-0.3, -0.25) is 4.18 Å². The van der Waals surface area contributed by atoms with Gasteiger partial charge in [0.2, 0.25) is 0 Å². The zero-order valence-electron chi connectivity index (χ0n) is 18.3. The summed E-state index contributed by atoms with van der Waals surface area (Å²) in [4.78, 5) is 0. The Morgan fingerprint density at radius 1 is 0.968 bits per heavy atom. The number of epoxide rings is 1. The highest BCUT2D eigenvalue weighted by molar-refractivity contribution is 7.87. The monoisotopic (exact) mass is 482 g/mol. The van der Waals surface area contributed by atoms with Crippen molar-refractivity contribution in [3.8, 4) is 0 Å². The van der Waals surface area contributed by atoms with Crippen LogP contribution in [0.15, 0.2) is 60.7 Å². The van der Waals surface area contributed by atoms with Crippen molar-refractivity contribution in [3.05, 3.63) is 60.7 Å². The van der Waals surface area contributed by atoms with Crippen molar-refractivity contribution in [2.75, 3.05) is 18.4 Å². The second-order valence-electron chi connectivity index (χ2n) is 8.82. The molecule has 0 saturated carbocycles. The second-order valence-corrected chi connectivity index (χ2v) is 15.3. The van der Waals surface area contributed by atoms with Crippen LogP contribution in [0.3, 0.4) is 0 Å². The van der Waals surface area contributed by atoms with Crippen LogP contribution in [0.1, 0.15) is 33.6 Å².